The summed E-state index contributed by atoms with van der Waals surface area (Å²) in [7, 11) is 0. The van der Waals surface area contributed by atoms with Gasteiger partial charge in [-0.2, -0.15) is 31.3 Å². The van der Waals surface area contributed by atoms with Crippen LogP contribution in [0.3, 0.4) is 0 Å². The molecule has 2 aliphatic heterocycles. The summed E-state index contributed by atoms with van der Waals surface area (Å²) >= 11 is 0. The molecule has 2 aliphatic rings. The summed E-state index contributed by atoms with van der Waals surface area (Å²) in [5, 5.41) is 9.26. The monoisotopic (exact) mass is 577 g/mol. The van der Waals surface area contributed by atoms with Crippen LogP contribution in [0.25, 0.3) is 0 Å². The predicted octanol–water partition coefficient (Wildman–Crippen LogP) is 3.71. The van der Waals surface area contributed by atoms with Gasteiger partial charge in [0.05, 0.1) is 0 Å². The van der Waals surface area contributed by atoms with Gasteiger partial charge < -0.3 is 24.2 Å². The minimum absolute atomic E-state index is 0.0199. The van der Waals surface area contributed by atoms with Crippen LogP contribution in [0.1, 0.15) is 48.0 Å². The van der Waals surface area contributed by atoms with Crippen molar-refractivity contribution in [3.8, 4) is 0 Å². The molecular formula is C25H29F6N5O4. The number of aromatic nitrogens is 2. The van der Waals surface area contributed by atoms with Crippen molar-refractivity contribution in [3.05, 3.63) is 35.3 Å². The van der Waals surface area contributed by atoms with Crippen LogP contribution in [0.5, 0.6) is 0 Å². The smallest absolute Gasteiger partial charge is 0.420 e. The number of rotatable bonds is 6. The van der Waals surface area contributed by atoms with Crippen molar-refractivity contribution in [2.45, 2.75) is 51.1 Å². The number of carbonyl (C=O) groups excluding carboxylic acids is 2. The topological polar surface area (TPSA) is 103 Å². The van der Waals surface area contributed by atoms with Gasteiger partial charge >= 0.3 is 12.4 Å². The van der Waals surface area contributed by atoms with Crippen LogP contribution in [0.2, 0.25) is 0 Å². The highest BCUT2D eigenvalue weighted by molar-refractivity contribution is 5.96. The number of hydrogen-bond acceptors (Lipinski definition) is 8. The van der Waals surface area contributed by atoms with E-state index in [-0.39, 0.29) is 31.6 Å². The third kappa shape index (κ3) is 6.85. The standard InChI is InChI=1S/C25H29F6N5O4/c1-15-4-2-7-36(14-15)23-33-20(24(26,27)28)19(40-23)17(37)12-16-5-6-18(32-13-16)34-8-3-9-35(11-10-34)22(39)21(38)25(29,30)31/h5-6,13,15,21,38H,2-4,7-12,14H2,1H3. The molecule has 1 N–H and O–H groups in total. The molecule has 2 aromatic rings. The molecule has 2 saturated heterocycles. The fraction of sp³-hybridized carbons (Fsp3) is 0.600. The first-order valence-corrected chi connectivity index (χ1v) is 12.8. The number of aliphatic hydroxyl groups is 1. The summed E-state index contributed by atoms with van der Waals surface area (Å²) in [4.78, 5) is 37.0. The minimum Gasteiger partial charge on any atom is -0.420 e. The highest BCUT2D eigenvalue weighted by Gasteiger charge is 2.45. The summed E-state index contributed by atoms with van der Waals surface area (Å²) in [5.41, 5.74) is -1.04. The van der Waals surface area contributed by atoms with Gasteiger partial charge in [-0.25, -0.2) is 4.98 Å². The number of alkyl halides is 6. The fourth-order valence-corrected chi connectivity index (χ4v) is 4.84. The van der Waals surface area contributed by atoms with Gasteiger partial charge in [-0.3, -0.25) is 9.59 Å². The zero-order valence-electron chi connectivity index (χ0n) is 21.6. The first-order chi connectivity index (χ1) is 18.7. The van der Waals surface area contributed by atoms with Crippen LogP contribution in [-0.2, 0) is 17.4 Å². The molecule has 0 aromatic carbocycles. The lowest BCUT2D eigenvalue weighted by atomic mass is 10.0. The number of nitrogens with zero attached hydrogens (tertiary/aromatic N) is 5. The molecule has 0 radical (unpaired) electrons. The molecule has 0 bridgehead atoms. The Balaban J connectivity index is 1.42. The minimum atomic E-state index is -5.06. The fourth-order valence-electron chi connectivity index (χ4n) is 4.84. The number of hydrogen-bond donors (Lipinski definition) is 1. The molecule has 2 aromatic heterocycles. The van der Waals surface area contributed by atoms with Crippen molar-refractivity contribution in [1.29, 1.82) is 0 Å². The Morgan fingerprint density at radius 1 is 1.05 bits per heavy atom. The Kier molecular flexibility index (Phi) is 8.61. The van der Waals surface area contributed by atoms with E-state index in [0.717, 1.165) is 17.7 Å². The van der Waals surface area contributed by atoms with Crippen LogP contribution in [0, 0.1) is 5.92 Å². The number of oxazole rings is 1. The lowest BCUT2D eigenvalue weighted by Crippen LogP contribution is -2.47. The van der Waals surface area contributed by atoms with Crippen molar-refractivity contribution in [3.63, 3.8) is 0 Å². The average Bonchev–Trinajstić information content (AvgIpc) is 3.21. The summed E-state index contributed by atoms with van der Waals surface area (Å²) in [6.07, 6.45) is -10.1. The van der Waals surface area contributed by atoms with Gasteiger partial charge in [0.1, 0.15) is 5.82 Å². The number of piperidine rings is 1. The lowest BCUT2D eigenvalue weighted by Gasteiger charge is -2.29. The van der Waals surface area contributed by atoms with Gasteiger partial charge in [-0.15, -0.1) is 0 Å². The number of carbonyl (C=O) groups is 2. The maximum atomic E-state index is 13.7. The molecule has 40 heavy (non-hydrogen) atoms. The Labute approximate surface area is 225 Å². The normalized spacial score (nSPS) is 19.9. The Hall–Kier alpha value is -3.36. The van der Waals surface area contributed by atoms with Gasteiger partial charge in [-0.05, 0) is 36.8 Å². The summed E-state index contributed by atoms with van der Waals surface area (Å²) in [5.74, 6) is -2.52. The van der Waals surface area contributed by atoms with E-state index >= 15 is 0 Å². The quantitative estimate of drug-likeness (QED) is 0.410. The largest absolute Gasteiger partial charge is 0.437 e. The van der Waals surface area contributed by atoms with Crippen molar-refractivity contribution in [1.82, 2.24) is 14.9 Å². The Morgan fingerprint density at radius 2 is 1.77 bits per heavy atom. The molecule has 9 nitrogen and oxygen atoms in total. The summed E-state index contributed by atoms with van der Waals surface area (Å²) in [6.45, 7) is 3.38. The van der Waals surface area contributed by atoms with E-state index in [1.165, 1.54) is 18.3 Å². The maximum absolute atomic E-state index is 13.7. The highest BCUT2D eigenvalue weighted by atomic mass is 19.4. The molecule has 15 heteroatoms. The van der Waals surface area contributed by atoms with Crippen molar-refractivity contribution in [2.24, 2.45) is 5.92 Å². The van der Waals surface area contributed by atoms with Crippen LogP contribution < -0.4 is 9.80 Å². The number of aliphatic hydroxyl groups excluding tert-OH is 1. The van der Waals surface area contributed by atoms with Crippen molar-refractivity contribution in [2.75, 3.05) is 49.1 Å². The molecule has 0 aliphatic carbocycles. The first kappa shape index (κ1) is 29.6. The van der Waals surface area contributed by atoms with E-state index in [4.69, 9.17) is 4.42 Å². The van der Waals surface area contributed by atoms with Gasteiger partial charge in [0, 0.05) is 51.9 Å². The Morgan fingerprint density at radius 3 is 2.40 bits per heavy atom. The first-order valence-electron chi connectivity index (χ1n) is 12.8. The number of anilines is 2. The van der Waals surface area contributed by atoms with Crippen LogP contribution in [0.15, 0.2) is 22.7 Å². The zero-order chi connectivity index (χ0) is 29.2. The van der Waals surface area contributed by atoms with E-state index < -0.39 is 48.0 Å². The van der Waals surface area contributed by atoms with Crippen molar-refractivity contribution >= 4 is 23.5 Å². The highest BCUT2D eigenvalue weighted by Crippen LogP contribution is 2.35. The number of amides is 1. The van der Waals surface area contributed by atoms with Crippen LogP contribution in [0.4, 0.5) is 38.2 Å². The van der Waals surface area contributed by atoms with Gasteiger partial charge in [0.25, 0.3) is 11.9 Å². The van der Waals surface area contributed by atoms with E-state index in [9.17, 15) is 41.0 Å². The average molecular weight is 578 g/mol. The number of halogens is 6. The van der Waals surface area contributed by atoms with Gasteiger partial charge in [-0.1, -0.05) is 13.0 Å². The van der Waals surface area contributed by atoms with E-state index in [1.807, 2.05) is 6.92 Å². The SMILES string of the molecule is CC1CCCN(c2nc(C(F)(F)F)c(C(=O)Cc3ccc(N4CCCN(C(=O)C(O)C(F)(F)F)CC4)nc3)o2)C1. The van der Waals surface area contributed by atoms with Gasteiger partial charge in [0.2, 0.25) is 17.6 Å². The second kappa shape index (κ2) is 11.6. The zero-order valence-corrected chi connectivity index (χ0v) is 21.6. The van der Waals surface area contributed by atoms with Gasteiger partial charge in [0.15, 0.2) is 5.69 Å². The molecular weight excluding hydrogens is 548 g/mol. The predicted molar refractivity (Wildman–Crippen MR) is 130 cm³/mol. The lowest BCUT2D eigenvalue weighted by molar-refractivity contribution is -0.210. The molecule has 1 amide bonds. The number of Topliss-reactive ketones (excluding diaryl/α,β-unsaturated/α-hetero) is 1. The molecule has 4 rings (SSSR count). The Bertz CT molecular complexity index is 1200. The van der Waals surface area contributed by atoms with E-state index in [1.54, 1.807) is 9.80 Å². The molecule has 2 unspecified atom stereocenters. The summed E-state index contributed by atoms with van der Waals surface area (Å²) < 4.78 is 84.5. The second-order valence-electron chi connectivity index (χ2n) is 10.1. The van der Waals surface area contributed by atoms with Crippen LogP contribution in [-0.4, -0.2) is 83.2 Å². The third-order valence-corrected chi connectivity index (χ3v) is 6.91. The van der Waals surface area contributed by atoms with Crippen LogP contribution >= 0.6 is 0 Å². The number of ketones is 1. The van der Waals surface area contributed by atoms with E-state index in [0.29, 0.717) is 37.4 Å². The molecule has 220 valence electrons. The summed E-state index contributed by atoms with van der Waals surface area (Å²) in [6, 6.07) is 2.82. The van der Waals surface area contributed by atoms with E-state index in [2.05, 4.69) is 9.97 Å². The molecule has 4 heterocycles. The molecule has 0 spiro atoms. The second-order valence-corrected chi connectivity index (χ2v) is 10.1. The molecule has 2 atom stereocenters. The molecule has 0 saturated carbocycles. The number of pyridine rings is 1. The van der Waals surface area contributed by atoms with Crippen molar-refractivity contribution < 1.29 is 45.5 Å². The molecule has 2 fully saturated rings. The maximum Gasteiger partial charge on any atom is 0.437 e. The third-order valence-electron chi connectivity index (χ3n) is 6.91.